The van der Waals surface area contributed by atoms with Gasteiger partial charge in [0.15, 0.2) is 11.0 Å². The SMILES string of the molecule is Cc1cc(-c2nnc(SCC(=O)Nc3cccc(Cl)c3Cl)n2C(C)C)cs1. The molecule has 142 valence electrons. The van der Waals surface area contributed by atoms with Crippen molar-refractivity contribution in [3.63, 3.8) is 0 Å². The number of thiophene rings is 1. The van der Waals surface area contributed by atoms with Crippen molar-refractivity contribution in [3.8, 4) is 11.4 Å². The molecule has 0 unspecified atom stereocenters. The summed E-state index contributed by atoms with van der Waals surface area (Å²) < 4.78 is 2.05. The molecule has 27 heavy (non-hydrogen) atoms. The number of aromatic nitrogens is 3. The summed E-state index contributed by atoms with van der Waals surface area (Å²) in [6, 6.07) is 7.39. The van der Waals surface area contributed by atoms with E-state index < -0.39 is 0 Å². The van der Waals surface area contributed by atoms with Gasteiger partial charge in [0.05, 0.1) is 21.5 Å². The molecule has 5 nitrogen and oxygen atoms in total. The number of anilines is 1. The molecule has 0 radical (unpaired) electrons. The maximum atomic E-state index is 12.3. The van der Waals surface area contributed by atoms with Crippen LogP contribution >= 0.6 is 46.3 Å². The molecule has 0 aliphatic carbocycles. The van der Waals surface area contributed by atoms with Crippen LogP contribution in [0.15, 0.2) is 34.8 Å². The van der Waals surface area contributed by atoms with Gasteiger partial charge >= 0.3 is 0 Å². The van der Waals surface area contributed by atoms with Crippen molar-refractivity contribution in [2.75, 3.05) is 11.1 Å². The molecule has 0 spiro atoms. The number of carbonyl (C=O) groups excluding carboxylic acids is 1. The molecule has 0 aliphatic heterocycles. The lowest BCUT2D eigenvalue weighted by Crippen LogP contribution is -2.15. The highest BCUT2D eigenvalue weighted by atomic mass is 35.5. The molecular formula is C18H18Cl2N4OS2. The smallest absolute Gasteiger partial charge is 0.234 e. The third kappa shape index (κ3) is 4.66. The van der Waals surface area contributed by atoms with Crippen LogP contribution in [0.4, 0.5) is 5.69 Å². The first-order chi connectivity index (χ1) is 12.9. The predicted octanol–water partition coefficient (Wildman–Crippen LogP) is 5.93. The summed E-state index contributed by atoms with van der Waals surface area (Å²) in [5, 5.41) is 14.9. The van der Waals surface area contributed by atoms with Crippen LogP contribution in [-0.2, 0) is 4.79 Å². The van der Waals surface area contributed by atoms with E-state index >= 15 is 0 Å². The first kappa shape index (κ1) is 20.2. The van der Waals surface area contributed by atoms with Crippen LogP contribution in [0.2, 0.25) is 10.0 Å². The lowest BCUT2D eigenvalue weighted by Gasteiger charge is -2.13. The van der Waals surface area contributed by atoms with Crippen LogP contribution in [0.5, 0.6) is 0 Å². The normalized spacial score (nSPS) is 11.2. The Morgan fingerprint density at radius 1 is 1.33 bits per heavy atom. The van der Waals surface area contributed by atoms with Crippen molar-refractivity contribution >= 4 is 57.9 Å². The molecule has 0 saturated heterocycles. The van der Waals surface area contributed by atoms with Crippen LogP contribution in [0.1, 0.15) is 24.8 Å². The molecule has 0 saturated carbocycles. The molecule has 1 amide bonds. The number of nitrogens with zero attached hydrogens (tertiary/aromatic N) is 3. The quantitative estimate of drug-likeness (QED) is 0.482. The van der Waals surface area contributed by atoms with E-state index in [9.17, 15) is 4.79 Å². The van der Waals surface area contributed by atoms with E-state index in [0.717, 1.165) is 11.4 Å². The molecular weight excluding hydrogens is 423 g/mol. The highest BCUT2D eigenvalue weighted by molar-refractivity contribution is 7.99. The van der Waals surface area contributed by atoms with Gasteiger partial charge in [0, 0.05) is 21.9 Å². The van der Waals surface area contributed by atoms with Gasteiger partial charge < -0.3 is 5.32 Å². The monoisotopic (exact) mass is 440 g/mol. The number of hydrogen-bond donors (Lipinski definition) is 1. The first-order valence-corrected chi connectivity index (χ1v) is 10.9. The van der Waals surface area contributed by atoms with E-state index in [1.165, 1.54) is 16.6 Å². The van der Waals surface area contributed by atoms with Gasteiger partial charge in [0.25, 0.3) is 0 Å². The Morgan fingerprint density at radius 3 is 2.78 bits per heavy atom. The first-order valence-electron chi connectivity index (χ1n) is 8.24. The second kappa shape index (κ2) is 8.65. The molecule has 1 N–H and O–H groups in total. The maximum Gasteiger partial charge on any atom is 0.234 e. The zero-order valence-electron chi connectivity index (χ0n) is 15.0. The van der Waals surface area contributed by atoms with E-state index in [1.807, 2.05) is 4.57 Å². The van der Waals surface area contributed by atoms with Crippen LogP contribution in [0, 0.1) is 6.92 Å². The van der Waals surface area contributed by atoms with E-state index in [1.54, 1.807) is 29.5 Å². The summed E-state index contributed by atoms with van der Waals surface area (Å²) in [6.07, 6.45) is 0. The number of amides is 1. The Kier molecular flexibility index (Phi) is 6.47. The van der Waals surface area contributed by atoms with Crippen LogP contribution < -0.4 is 5.32 Å². The molecule has 0 bridgehead atoms. The number of benzene rings is 1. The fourth-order valence-electron chi connectivity index (χ4n) is 2.52. The lowest BCUT2D eigenvalue weighted by atomic mass is 10.3. The van der Waals surface area contributed by atoms with Crippen molar-refractivity contribution in [2.24, 2.45) is 0 Å². The fraction of sp³-hybridized carbons (Fsp3) is 0.278. The van der Waals surface area contributed by atoms with Crippen molar-refractivity contribution in [3.05, 3.63) is 44.6 Å². The largest absolute Gasteiger partial charge is 0.324 e. The van der Waals surface area contributed by atoms with Crippen molar-refractivity contribution < 1.29 is 4.79 Å². The molecule has 3 rings (SSSR count). The highest BCUT2D eigenvalue weighted by Crippen LogP contribution is 2.31. The molecule has 9 heteroatoms. The van der Waals surface area contributed by atoms with Gasteiger partial charge in [0.2, 0.25) is 5.91 Å². The minimum absolute atomic E-state index is 0.170. The number of nitrogens with one attached hydrogen (secondary N) is 1. The zero-order chi connectivity index (χ0) is 19.6. The number of rotatable bonds is 6. The second-order valence-corrected chi connectivity index (χ2v) is 9.00. The zero-order valence-corrected chi connectivity index (χ0v) is 18.1. The standard InChI is InChI=1S/C18H18Cl2N4OS2/c1-10(2)24-17(12-7-11(3)26-8-12)22-23-18(24)27-9-15(25)21-14-6-4-5-13(19)16(14)20/h4-8,10H,9H2,1-3H3,(H,21,25). The number of halogens is 2. The lowest BCUT2D eigenvalue weighted by molar-refractivity contribution is -0.113. The number of thioether (sulfide) groups is 1. The molecule has 0 aliphatic rings. The summed E-state index contributed by atoms with van der Waals surface area (Å²) >= 11 is 15.1. The van der Waals surface area contributed by atoms with Crippen molar-refractivity contribution in [1.82, 2.24) is 14.8 Å². The Balaban J connectivity index is 1.73. The highest BCUT2D eigenvalue weighted by Gasteiger charge is 2.19. The van der Waals surface area contributed by atoms with E-state index in [2.05, 4.69) is 47.7 Å². The molecule has 0 fully saturated rings. The van der Waals surface area contributed by atoms with Gasteiger partial charge in [-0.05, 0) is 39.0 Å². The third-order valence-electron chi connectivity index (χ3n) is 3.73. The van der Waals surface area contributed by atoms with E-state index in [-0.39, 0.29) is 17.7 Å². The third-order valence-corrected chi connectivity index (χ3v) is 6.35. The molecule has 1 aromatic carbocycles. The Bertz CT molecular complexity index is 968. The van der Waals surface area contributed by atoms with Gasteiger partial charge in [-0.1, -0.05) is 41.0 Å². The summed E-state index contributed by atoms with van der Waals surface area (Å²) in [5.74, 6) is 0.821. The average molecular weight is 441 g/mol. The summed E-state index contributed by atoms with van der Waals surface area (Å²) in [5.41, 5.74) is 1.54. The summed E-state index contributed by atoms with van der Waals surface area (Å²) in [6.45, 7) is 6.20. The maximum absolute atomic E-state index is 12.3. The molecule has 2 heterocycles. The van der Waals surface area contributed by atoms with E-state index in [0.29, 0.717) is 20.9 Å². The van der Waals surface area contributed by atoms with Crippen LogP contribution in [-0.4, -0.2) is 26.4 Å². The minimum Gasteiger partial charge on any atom is -0.324 e. The van der Waals surface area contributed by atoms with Gasteiger partial charge in [-0.25, -0.2) is 0 Å². The summed E-state index contributed by atoms with van der Waals surface area (Å²) in [4.78, 5) is 13.5. The van der Waals surface area contributed by atoms with Gasteiger partial charge in [0.1, 0.15) is 0 Å². The predicted molar refractivity (Wildman–Crippen MR) is 114 cm³/mol. The topological polar surface area (TPSA) is 59.8 Å². The second-order valence-electron chi connectivity index (χ2n) is 6.15. The van der Waals surface area contributed by atoms with Crippen molar-refractivity contribution in [1.29, 1.82) is 0 Å². The van der Waals surface area contributed by atoms with E-state index in [4.69, 9.17) is 23.2 Å². The van der Waals surface area contributed by atoms with Gasteiger partial charge in [-0.2, -0.15) is 0 Å². The Morgan fingerprint density at radius 2 is 2.11 bits per heavy atom. The molecule has 0 atom stereocenters. The Labute approximate surface area is 176 Å². The molecule has 2 aromatic heterocycles. The fourth-order valence-corrected chi connectivity index (χ4v) is 4.41. The Hall–Kier alpha value is -1.54. The number of hydrogen-bond acceptors (Lipinski definition) is 5. The number of aryl methyl sites for hydroxylation is 1. The molecule has 3 aromatic rings. The minimum atomic E-state index is -0.185. The van der Waals surface area contributed by atoms with Gasteiger partial charge in [-0.3, -0.25) is 9.36 Å². The van der Waals surface area contributed by atoms with Gasteiger partial charge in [-0.15, -0.1) is 21.5 Å². The summed E-state index contributed by atoms with van der Waals surface area (Å²) in [7, 11) is 0. The average Bonchev–Trinajstić information content (AvgIpc) is 3.23. The van der Waals surface area contributed by atoms with Crippen molar-refractivity contribution in [2.45, 2.75) is 32.0 Å². The number of carbonyl (C=O) groups is 1. The van der Waals surface area contributed by atoms with Crippen LogP contribution in [0.3, 0.4) is 0 Å². The van der Waals surface area contributed by atoms with Crippen LogP contribution in [0.25, 0.3) is 11.4 Å².